The lowest BCUT2D eigenvalue weighted by molar-refractivity contribution is -0.151. The molecular formula is C17H25NO2. The predicted octanol–water partition coefficient (Wildman–Crippen LogP) is 4.02. The molecule has 2 aliphatic rings. The third kappa shape index (κ3) is 2.65. The number of carbonyl (C=O) groups excluding carboxylic acids is 1. The van der Waals surface area contributed by atoms with Gasteiger partial charge in [-0.3, -0.25) is 0 Å². The topological polar surface area (TPSA) is 50.1 Å². The van der Waals surface area contributed by atoms with E-state index in [-0.39, 0.29) is 17.5 Å². The van der Waals surface area contributed by atoms with Gasteiger partial charge in [-0.05, 0) is 37.5 Å². The van der Waals surface area contributed by atoms with Crippen molar-refractivity contribution in [2.24, 2.45) is 16.7 Å². The van der Waals surface area contributed by atoms with Gasteiger partial charge in [0.15, 0.2) is 0 Å². The van der Waals surface area contributed by atoms with Crippen LogP contribution in [-0.2, 0) is 9.53 Å². The minimum atomic E-state index is -0.227. The Balaban J connectivity index is 0.000000444. The average Bonchev–Trinajstić information content (AvgIpc) is 2.72. The lowest BCUT2D eigenvalue weighted by atomic mass is 9.70. The van der Waals surface area contributed by atoms with Crippen LogP contribution in [0.5, 0.6) is 0 Å². The number of allylic oxidation sites excluding steroid dienone is 1. The molecule has 3 nitrogen and oxygen atoms in total. The smallest absolute Gasteiger partial charge is 0.333 e. The van der Waals surface area contributed by atoms with Crippen LogP contribution in [0.3, 0.4) is 0 Å². The van der Waals surface area contributed by atoms with Crippen LogP contribution >= 0.6 is 0 Å². The van der Waals surface area contributed by atoms with Gasteiger partial charge < -0.3 is 4.74 Å². The number of fused-ring (bicyclic) bond motifs is 2. The van der Waals surface area contributed by atoms with Gasteiger partial charge in [0, 0.05) is 17.1 Å². The molecule has 2 rings (SSSR count). The van der Waals surface area contributed by atoms with E-state index in [1.165, 1.54) is 18.9 Å². The highest BCUT2D eigenvalue weighted by Gasteiger charge is 2.62. The molecule has 0 aliphatic heterocycles. The Labute approximate surface area is 122 Å². The number of carbonyl (C=O) groups is 1. The van der Waals surface area contributed by atoms with Crippen molar-refractivity contribution in [3.8, 4) is 6.07 Å². The Morgan fingerprint density at radius 3 is 2.30 bits per heavy atom. The van der Waals surface area contributed by atoms with Crippen LogP contribution in [0.15, 0.2) is 24.8 Å². The van der Waals surface area contributed by atoms with Gasteiger partial charge in [0.1, 0.15) is 6.10 Å². The summed E-state index contributed by atoms with van der Waals surface area (Å²) in [6, 6.07) is 1.69. The summed E-state index contributed by atoms with van der Waals surface area (Å²) in [5, 5.41) is 7.51. The van der Waals surface area contributed by atoms with Crippen molar-refractivity contribution in [2.75, 3.05) is 0 Å². The quantitative estimate of drug-likeness (QED) is 0.434. The first kappa shape index (κ1) is 16.5. The van der Waals surface area contributed by atoms with Crippen LogP contribution in [0.2, 0.25) is 0 Å². The molecule has 0 radical (unpaired) electrons. The number of ether oxygens (including phenoxy) is 1. The molecule has 2 aliphatic carbocycles. The summed E-state index contributed by atoms with van der Waals surface area (Å²) in [4.78, 5) is 11.6. The molecule has 2 fully saturated rings. The summed E-state index contributed by atoms with van der Waals surface area (Å²) in [5.74, 6) is 0.481. The molecule has 110 valence electrons. The number of esters is 1. The van der Waals surface area contributed by atoms with E-state index in [1.54, 1.807) is 13.0 Å². The van der Waals surface area contributed by atoms with Crippen LogP contribution in [-0.4, -0.2) is 12.1 Å². The second kappa shape index (κ2) is 5.83. The van der Waals surface area contributed by atoms with Gasteiger partial charge in [-0.2, -0.15) is 5.26 Å². The third-order valence-corrected chi connectivity index (χ3v) is 5.40. The van der Waals surface area contributed by atoms with E-state index in [0.29, 0.717) is 16.9 Å². The lowest BCUT2D eigenvalue weighted by Crippen LogP contribution is -2.38. The van der Waals surface area contributed by atoms with Gasteiger partial charge in [0.05, 0.1) is 6.07 Å². The van der Waals surface area contributed by atoms with E-state index in [4.69, 9.17) is 10.00 Å². The number of hydrogen-bond donors (Lipinski definition) is 0. The molecule has 0 heterocycles. The minimum Gasteiger partial charge on any atom is -0.458 e. The zero-order chi connectivity index (χ0) is 15.6. The maximum atomic E-state index is 11.6. The Morgan fingerprint density at radius 2 is 2.00 bits per heavy atom. The fourth-order valence-electron chi connectivity index (χ4n) is 3.54. The number of hydrogen-bond acceptors (Lipinski definition) is 3. The molecule has 0 aromatic heterocycles. The van der Waals surface area contributed by atoms with Gasteiger partial charge in [-0.25, -0.2) is 4.79 Å². The van der Waals surface area contributed by atoms with Crippen molar-refractivity contribution in [3.05, 3.63) is 24.8 Å². The summed E-state index contributed by atoms with van der Waals surface area (Å²) in [6.07, 6.45) is 4.76. The standard InChI is InChI=1S/C14H22O2.C3H3N/c1-9(2)12(15)16-11-8-10-6-7-14(11,5)13(10,3)4;1-2-3-4/h10-11H,1,6-8H2,2-5H3;2H,1H2. The summed E-state index contributed by atoms with van der Waals surface area (Å²) in [5.41, 5.74) is 0.958. The summed E-state index contributed by atoms with van der Waals surface area (Å²) in [6.45, 7) is 15.4. The first-order valence-electron chi connectivity index (χ1n) is 7.07. The zero-order valence-corrected chi connectivity index (χ0v) is 13.0. The average molecular weight is 275 g/mol. The first-order valence-corrected chi connectivity index (χ1v) is 7.07. The van der Waals surface area contributed by atoms with Gasteiger partial charge >= 0.3 is 5.97 Å². The highest BCUT2D eigenvalue weighted by atomic mass is 16.5. The van der Waals surface area contributed by atoms with Gasteiger partial charge in [-0.1, -0.05) is 33.9 Å². The molecule has 0 N–H and O–H groups in total. The molecular weight excluding hydrogens is 250 g/mol. The van der Waals surface area contributed by atoms with Gasteiger partial charge in [0.2, 0.25) is 0 Å². The van der Waals surface area contributed by atoms with E-state index >= 15 is 0 Å². The fraction of sp³-hybridized carbons (Fsp3) is 0.647. The largest absolute Gasteiger partial charge is 0.458 e. The second-order valence-electron chi connectivity index (χ2n) is 6.62. The van der Waals surface area contributed by atoms with E-state index < -0.39 is 0 Å². The SMILES string of the molecule is C=C(C)C(=O)OC1CC2CCC1(C)C2(C)C.C=CC#N. The van der Waals surface area contributed by atoms with Crippen LogP contribution in [0.4, 0.5) is 0 Å². The maximum absolute atomic E-state index is 11.6. The van der Waals surface area contributed by atoms with Gasteiger partial charge in [0.25, 0.3) is 0 Å². The van der Waals surface area contributed by atoms with Crippen LogP contribution in [0.25, 0.3) is 0 Å². The number of nitriles is 1. The third-order valence-electron chi connectivity index (χ3n) is 5.40. The Hall–Kier alpha value is -1.56. The van der Waals surface area contributed by atoms with Crippen LogP contribution in [0.1, 0.15) is 47.0 Å². The van der Waals surface area contributed by atoms with Crippen molar-refractivity contribution in [1.82, 2.24) is 0 Å². The molecule has 0 spiro atoms. The molecule has 0 aromatic rings. The molecule has 3 atom stereocenters. The first-order chi connectivity index (χ1) is 9.20. The Kier molecular flexibility index (Phi) is 4.81. The van der Waals surface area contributed by atoms with E-state index in [2.05, 4.69) is 33.9 Å². The minimum absolute atomic E-state index is 0.0884. The highest BCUT2D eigenvalue weighted by molar-refractivity contribution is 5.87. The molecule has 0 amide bonds. The van der Waals surface area contributed by atoms with Crippen LogP contribution < -0.4 is 0 Å². The summed E-state index contributed by atoms with van der Waals surface area (Å²) in [7, 11) is 0. The van der Waals surface area contributed by atoms with E-state index in [1.807, 2.05) is 0 Å². The highest BCUT2D eigenvalue weighted by Crippen LogP contribution is 2.66. The summed E-state index contributed by atoms with van der Waals surface area (Å²) < 4.78 is 5.61. The molecule has 20 heavy (non-hydrogen) atoms. The van der Waals surface area contributed by atoms with E-state index in [0.717, 1.165) is 6.42 Å². The molecule has 2 saturated carbocycles. The lowest BCUT2D eigenvalue weighted by Gasteiger charge is -2.38. The van der Waals surface area contributed by atoms with Crippen molar-refractivity contribution in [3.63, 3.8) is 0 Å². The maximum Gasteiger partial charge on any atom is 0.333 e. The molecule has 3 unspecified atom stereocenters. The zero-order valence-electron chi connectivity index (χ0n) is 13.0. The van der Waals surface area contributed by atoms with Crippen LogP contribution in [0, 0.1) is 28.1 Å². The van der Waals surface area contributed by atoms with Gasteiger partial charge in [-0.15, -0.1) is 0 Å². The summed E-state index contributed by atoms with van der Waals surface area (Å²) >= 11 is 0. The Bertz CT molecular complexity index is 458. The van der Waals surface area contributed by atoms with E-state index in [9.17, 15) is 4.79 Å². The molecule has 3 heteroatoms. The monoisotopic (exact) mass is 275 g/mol. The fourth-order valence-corrected chi connectivity index (χ4v) is 3.54. The van der Waals surface area contributed by atoms with Crippen molar-refractivity contribution in [2.45, 2.75) is 53.1 Å². The predicted molar refractivity (Wildman–Crippen MR) is 79.7 cm³/mol. The normalized spacial score (nSPS) is 32.5. The number of nitrogens with zero attached hydrogens (tertiary/aromatic N) is 1. The second-order valence-corrected chi connectivity index (χ2v) is 6.62. The molecule has 0 aromatic carbocycles. The number of rotatable bonds is 2. The molecule has 2 bridgehead atoms. The van der Waals surface area contributed by atoms with Crippen molar-refractivity contribution in [1.29, 1.82) is 5.26 Å². The van der Waals surface area contributed by atoms with Crippen molar-refractivity contribution < 1.29 is 9.53 Å². The Morgan fingerprint density at radius 1 is 1.45 bits per heavy atom. The van der Waals surface area contributed by atoms with Crippen molar-refractivity contribution >= 4 is 5.97 Å². The molecule has 0 saturated heterocycles.